The minimum absolute atomic E-state index is 0.101. The summed E-state index contributed by atoms with van der Waals surface area (Å²) < 4.78 is 5.00. The quantitative estimate of drug-likeness (QED) is 0.424. The average molecular weight is 479 g/mol. The van der Waals surface area contributed by atoms with Crippen LogP contribution in [0.4, 0.5) is 5.82 Å². The smallest absolute Gasteiger partial charge is 0.237 e. The van der Waals surface area contributed by atoms with Crippen LogP contribution >= 0.6 is 15.9 Å². The number of aryl methyl sites for hydroxylation is 1. The maximum absolute atomic E-state index is 5.03. The molecule has 0 bridgehead atoms. The summed E-state index contributed by atoms with van der Waals surface area (Å²) in [5.74, 6) is 4.04. The molecule has 3 aromatic heterocycles. The van der Waals surface area contributed by atoms with Gasteiger partial charge < -0.3 is 4.90 Å². The van der Waals surface area contributed by atoms with Gasteiger partial charge in [-0.25, -0.2) is 9.97 Å². The van der Waals surface area contributed by atoms with E-state index in [1.54, 1.807) is 6.20 Å². The fourth-order valence-electron chi connectivity index (χ4n) is 4.28. The number of hydrogen-bond acceptors (Lipinski definition) is 6. The van der Waals surface area contributed by atoms with Gasteiger partial charge in [-0.1, -0.05) is 35.0 Å². The molecule has 0 saturated heterocycles. The van der Waals surface area contributed by atoms with Crippen LogP contribution in [0.15, 0.2) is 47.3 Å². The van der Waals surface area contributed by atoms with E-state index in [1.165, 1.54) is 0 Å². The third-order valence-corrected chi connectivity index (χ3v) is 6.08. The van der Waals surface area contributed by atoms with Gasteiger partial charge in [-0.15, -0.1) is 10.2 Å². The van der Waals surface area contributed by atoms with Crippen LogP contribution in [0.5, 0.6) is 0 Å². The molecule has 31 heavy (non-hydrogen) atoms. The van der Waals surface area contributed by atoms with Gasteiger partial charge in [0.05, 0.1) is 12.2 Å². The molecule has 0 spiro atoms. The van der Waals surface area contributed by atoms with Crippen LogP contribution in [0.3, 0.4) is 0 Å². The molecule has 5 rings (SSSR count). The molecule has 0 amide bonds. The molecule has 0 aliphatic carbocycles. The normalized spacial score (nSPS) is 15.3. The van der Waals surface area contributed by atoms with Crippen LogP contribution in [0, 0.1) is 6.92 Å². The number of rotatable bonds is 4. The summed E-state index contributed by atoms with van der Waals surface area (Å²) in [5, 5.41) is 8.81. The Labute approximate surface area is 189 Å². The molecule has 9 heteroatoms. The molecule has 1 unspecified atom stereocenters. The molecule has 0 fully saturated rings. The molecular formula is C22H23BrN8. The lowest BCUT2D eigenvalue weighted by Crippen LogP contribution is -2.40. The Kier molecular flexibility index (Phi) is 4.85. The van der Waals surface area contributed by atoms with E-state index in [0.717, 1.165) is 45.4 Å². The summed E-state index contributed by atoms with van der Waals surface area (Å²) in [6.45, 7) is 8.49. The molecule has 1 aliphatic rings. The standard InChI is InChI=1S/C22H23BrN8/c1-5-17-21-28-27-14(4)31(21)18-12-25-22(26-20(18)30(17)13(2)3)29-10-9-24-19(29)15-7-6-8-16(23)11-15/h6-13,17H,5H2,1-4H3. The van der Waals surface area contributed by atoms with E-state index < -0.39 is 0 Å². The predicted molar refractivity (Wildman–Crippen MR) is 123 cm³/mol. The van der Waals surface area contributed by atoms with Crippen LogP contribution in [-0.4, -0.2) is 40.3 Å². The highest BCUT2D eigenvalue weighted by atomic mass is 79.9. The zero-order valence-electron chi connectivity index (χ0n) is 17.9. The van der Waals surface area contributed by atoms with Crippen molar-refractivity contribution >= 4 is 21.7 Å². The maximum atomic E-state index is 5.03. The monoisotopic (exact) mass is 478 g/mol. The number of hydrogen-bond donors (Lipinski definition) is 0. The van der Waals surface area contributed by atoms with Crippen LogP contribution in [0.2, 0.25) is 0 Å². The van der Waals surface area contributed by atoms with Crippen molar-refractivity contribution in [1.82, 2.24) is 34.3 Å². The van der Waals surface area contributed by atoms with Crippen molar-refractivity contribution in [2.75, 3.05) is 4.90 Å². The summed E-state index contributed by atoms with van der Waals surface area (Å²) >= 11 is 3.54. The van der Waals surface area contributed by atoms with Crippen molar-refractivity contribution in [1.29, 1.82) is 0 Å². The van der Waals surface area contributed by atoms with Gasteiger partial charge in [-0.3, -0.25) is 9.13 Å². The van der Waals surface area contributed by atoms with Crippen molar-refractivity contribution in [3.05, 3.63) is 59.0 Å². The number of imidazole rings is 1. The van der Waals surface area contributed by atoms with Crippen molar-refractivity contribution in [3.63, 3.8) is 0 Å². The van der Waals surface area contributed by atoms with Crippen molar-refractivity contribution in [2.24, 2.45) is 0 Å². The average Bonchev–Trinajstić information content (AvgIpc) is 3.39. The lowest BCUT2D eigenvalue weighted by Gasteiger charge is -2.39. The van der Waals surface area contributed by atoms with Crippen molar-refractivity contribution < 1.29 is 0 Å². The fraction of sp³-hybridized carbons (Fsp3) is 0.318. The molecule has 1 aliphatic heterocycles. The van der Waals surface area contributed by atoms with E-state index in [0.29, 0.717) is 5.95 Å². The van der Waals surface area contributed by atoms with Crippen LogP contribution < -0.4 is 4.90 Å². The molecule has 1 atom stereocenters. The molecular weight excluding hydrogens is 456 g/mol. The summed E-state index contributed by atoms with van der Waals surface area (Å²) in [5.41, 5.74) is 1.90. The summed E-state index contributed by atoms with van der Waals surface area (Å²) in [7, 11) is 0. The minimum atomic E-state index is 0.101. The Hall–Kier alpha value is -3.07. The number of fused-ring (bicyclic) bond motifs is 3. The number of aromatic nitrogens is 7. The zero-order chi connectivity index (χ0) is 21.7. The molecule has 0 radical (unpaired) electrons. The Balaban J connectivity index is 1.69. The lowest BCUT2D eigenvalue weighted by molar-refractivity contribution is 0.496. The second-order valence-electron chi connectivity index (χ2n) is 7.88. The topological polar surface area (TPSA) is 77.5 Å². The highest BCUT2D eigenvalue weighted by Gasteiger charge is 2.36. The van der Waals surface area contributed by atoms with E-state index in [4.69, 9.17) is 9.97 Å². The number of halogens is 1. The van der Waals surface area contributed by atoms with E-state index in [2.05, 4.69) is 61.3 Å². The first kappa shape index (κ1) is 19.9. The van der Waals surface area contributed by atoms with E-state index in [9.17, 15) is 0 Å². The van der Waals surface area contributed by atoms with Gasteiger partial charge in [0.2, 0.25) is 5.95 Å². The molecule has 0 saturated carbocycles. The Morgan fingerprint density at radius 2 is 2.00 bits per heavy atom. The molecule has 4 heterocycles. The third-order valence-electron chi connectivity index (χ3n) is 5.59. The first-order valence-corrected chi connectivity index (χ1v) is 11.2. The predicted octanol–water partition coefficient (Wildman–Crippen LogP) is 4.66. The first-order valence-electron chi connectivity index (χ1n) is 10.4. The van der Waals surface area contributed by atoms with Crippen LogP contribution in [0.1, 0.15) is 44.9 Å². The van der Waals surface area contributed by atoms with E-state index in [1.807, 2.05) is 48.1 Å². The van der Waals surface area contributed by atoms with Gasteiger partial charge in [0.15, 0.2) is 11.6 Å². The second-order valence-corrected chi connectivity index (χ2v) is 8.79. The summed E-state index contributed by atoms with van der Waals surface area (Å²) in [4.78, 5) is 16.6. The zero-order valence-corrected chi connectivity index (χ0v) is 19.4. The van der Waals surface area contributed by atoms with Crippen molar-refractivity contribution in [2.45, 2.75) is 46.2 Å². The Bertz CT molecular complexity index is 1260. The van der Waals surface area contributed by atoms with Gasteiger partial charge in [0.25, 0.3) is 0 Å². The molecule has 8 nitrogen and oxygen atoms in total. The molecule has 1 aromatic carbocycles. The van der Waals surface area contributed by atoms with Crippen molar-refractivity contribution in [3.8, 4) is 23.0 Å². The molecule has 0 N–H and O–H groups in total. The number of nitrogens with zero attached hydrogens (tertiary/aromatic N) is 8. The SMILES string of the molecule is CCC1c2nnc(C)n2-c2cnc(-n3ccnc3-c3cccc(Br)c3)nc2N1C(C)C. The number of anilines is 1. The second kappa shape index (κ2) is 7.56. The highest BCUT2D eigenvalue weighted by molar-refractivity contribution is 9.10. The van der Waals surface area contributed by atoms with Crippen LogP contribution in [-0.2, 0) is 0 Å². The summed E-state index contributed by atoms with van der Waals surface area (Å²) in [6.07, 6.45) is 6.44. The Morgan fingerprint density at radius 1 is 1.16 bits per heavy atom. The highest BCUT2D eigenvalue weighted by Crippen LogP contribution is 2.40. The van der Waals surface area contributed by atoms with Gasteiger partial charge >= 0.3 is 0 Å². The third kappa shape index (κ3) is 3.15. The lowest BCUT2D eigenvalue weighted by atomic mass is 10.1. The largest absolute Gasteiger partial charge is 0.342 e. The fourth-order valence-corrected chi connectivity index (χ4v) is 4.67. The Morgan fingerprint density at radius 3 is 2.74 bits per heavy atom. The van der Waals surface area contributed by atoms with E-state index in [-0.39, 0.29) is 12.1 Å². The van der Waals surface area contributed by atoms with Crippen LogP contribution in [0.25, 0.3) is 23.0 Å². The van der Waals surface area contributed by atoms with Gasteiger partial charge in [0.1, 0.15) is 17.3 Å². The molecule has 158 valence electrons. The maximum Gasteiger partial charge on any atom is 0.237 e. The van der Waals surface area contributed by atoms with Gasteiger partial charge in [0, 0.05) is 28.5 Å². The van der Waals surface area contributed by atoms with Gasteiger partial charge in [-0.05, 0) is 39.3 Å². The first-order chi connectivity index (χ1) is 15.0. The minimum Gasteiger partial charge on any atom is -0.342 e. The molecule has 4 aromatic rings. The number of benzene rings is 1. The summed E-state index contributed by atoms with van der Waals surface area (Å²) in [6, 6.07) is 8.40. The van der Waals surface area contributed by atoms with E-state index >= 15 is 0 Å². The van der Waals surface area contributed by atoms with Gasteiger partial charge in [-0.2, -0.15) is 4.98 Å².